The van der Waals surface area contributed by atoms with Crippen molar-refractivity contribution in [2.24, 2.45) is 0 Å². The molecule has 0 atom stereocenters. The third kappa shape index (κ3) is 5.94. The molecule has 0 heterocycles. The lowest BCUT2D eigenvalue weighted by atomic mass is 10.1. The Bertz CT molecular complexity index is 814. The second-order valence-corrected chi connectivity index (χ2v) is 5.69. The van der Waals surface area contributed by atoms with Crippen molar-refractivity contribution in [3.05, 3.63) is 82.3 Å². The summed E-state index contributed by atoms with van der Waals surface area (Å²) >= 11 is 6.02. The summed E-state index contributed by atoms with van der Waals surface area (Å²) in [4.78, 5) is 12.0. The molecule has 1 amide bonds. The van der Waals surface area contributed by atoms with Crippen LogP contribution in [0.2, 0.25) is 5.02 Å². The third-order valence-electron chi connectivity index (χ3n) is 3.46. The van der Waals surface area contributed by atoms with Crippen molar-refractivity contribution in [1.29, 1.82) is 5.26 Å². The van der Waals surface area contributed by atoms with Crippen LogP contribution in [0.4, 0.5) is 4.39 Å². The number of hydrogen-bond donors (Lipinski definition) is 2. The molecule has 0 saturated carbocycles. The van der Waals surface area contributed by atoms with Gasteiger partial charge in [-0.25, -0.2) is 4.39 Å². The van der Waals surface area contributed by atoms with Crippen molar-refractivity contribution in [3.8, 4) is 6.07 Å². The van der Waals surface area contributed by atoms with Gasteiger partial charge in [0.1, 0.15) is 17.5 Å². The van der Waals surface area contributed by atoms with Crippen LogP contribution in [0.3, 0.4) is 0 Å². The molecule has 2 N–H and O–H groups in total. The molecule has 2 aromatic carbocycles. The quantitative estimate of drug-likeness (QED) is 0.454. The van der Waals surface area contributed by atoms with Crippen LogP contribution in [0.5, 0.6) is 0 Å². The van der Waals surface area contributed by atoms with Gasteiger partial charge in [0, 0.05) is 24.3 Å². The van der Waals surface area contributed by atoms with E-state index in [1.54, 1.807) is 24.3 Å². The Morgan fingerprint density at radius 1 is 1.24 bits per heavy atom. The molecule has 0 fully saturated rings. The molecule has 0 radical (unpaired) electrons. The zero-order valence-corrected chi connectivity index (χ0v) is 14.2. The van der Waals surface area contributed by atoms with Gasteiger partial charge in [-0.15, -0.1) is 0 Å². The van der Waals surface area contributed by atoms with Gasteiger partial charge in [0.2, 0.25) is 0 Å². The standard InChI is InChI=1S/C19H17ClFN3O/c20-18-7-2-1-5-15(18)13-24-19(25)16(11-22)12-23-9-8-14-4-3-6-17(21)10-14/h1-7,10,12,23H,8-9,13H2,(H,24,25)/b16-12-. The maximum atomic E-state index is 13.1. The Balaban J connectivity index is 1.83. The number of amides is 1. The number of hydrogen-bond acceptors (Lipinski definition) is 3. The summed E-state index contributed by atoms with van der Waals surface area (Å²) in [5.74, 6) is -0.773. The Morgan fingerprint density at radius 2 is 2.04 bits per heavy atom. The van der Waals surface area contributed by atoms with E-state index in [0.29, 0.717) is 18.0 Å². The molecular formula is C19H17ClFN3O. The van der Waals surface area contributed by atoms with Crippen LogP contribution in [0.1, 0.15) is 11.1 Å². The Hall–Kier alpha value is -2.84. The number of rotatable bonds is 7. The van der Waals surface area contributed by atoms with E-state index in [4.69, 9.17) is 16.9 Å². The van der Waals surface area contributed by atoms with E-state index in [0.717, 1.165) is 11.1 Å². The van der Waals surface area contributed by atoms with Crippen LogP contribution in [0.15, 0.2) is 60.3 Å². The molecule has 0 aromatic heterocycles. The summed E-state index contributed by atoms with van der Waals surface area (Å²) in [6, 6.07) is 15.3. The minimum atomic E-state index is -0.485. The highest BCUT2D eigenvalue weighted by Gasteiger charge is 2.09. The van der Waals surface area contributed by atoms with Crippen molar-refractivity contribution < 1.29 is 9.18 Å². The molecule has 128 valence electrons. The van der Waals surface area contributed by atoms with E-state index in [1.807, 2.05) is 18.2 Å². The first-order valence-corrected chi connectivity index (χ1v) is 8.07. The number of carbonyl (C=O) groups is 1. The zero-order valence-electron chi connectivity index (χ0n) is 13.4. The lowest BCUT2D eigenvalue weighted by Gasteiger charge is -2.07. The monoisotopic (exact) mass is 357 g/mol. The number of halogens is 2. The topological polar surface area (TPSA) is 64.9 Å². The zero-order chi connectivity index (χ0) is 18.1. The molecule has 4 nitrogen and oxygen atoms in total. The Labute approximate surface area is 150 Å². The predicted octanol–water partition coefficient (Wildman–Crippen LogP) is 3.34. The highest BCUT2D eigenvalue weighted by atomic mass is 35.5. The normalized spacial score (nSPS) is 10.8. The number of benzene rings is 2. The summed E-state index contributed by atoms with van der Waals surface area (Å²) in [5.41, 5.74) is 1.57. The van der Waals surface area contributed by atoms with E-state index >= 15 is 0 Å². The number of carbonyl (C=O) groups excluding carboxylic acids is 1. The van der Waals surface area contributed by atoms with Crippen molar-refractivity contribution in [2.45, 2.75) is 13.0 Å². The highest BCUT2D eigenvalue weighted by molar-refractivity contribution is 6.31. The minimum Gasteiger partial charge on any atom is -0.389 e. The summed E-state index contributed by atoms with van der Waals surface area (Å²) in [6.07, 6.45) is 1.94. The SMILES string of the molecule is N#C/C(=C/NCCc1cccc(F)c1)C(=O)NCc1ccccc1Cl. The van der Waals surface area contributed by atoms with Gasteiger partial charge < -0.3 is 10.6 Å². The lowest BCUT2D eigenvalue weighted by Crippen LogP contribution is -2.25. The van der Waals surface area contributed by atoms with Crippen molar-refractivity contribution in [2.75, 3.05) is 6.54 Å². The van der Waals surface area contributed by atoms with Crippen LogP contribution < -0.4 is 10.6 Å². The van der Waals surface area contributed by atoms with Crippen LogP contribution in [-0.4, -0.2) is 12.5 Å². The second-order valence-electron chi connectivity index (χ2n) is 5.28. The number of nitrogens with one attached hydrogen (secondary N) is 2. The molecule has 2 aromatic rings. The third-order valence-corrected chi connectivity index (χ3v) is 3.82. The van der Waals surface area contributed by atoms with Crippen molar-refractivity contribution in [1.82, 2.24) is 10.6 Å². The summed E-state index contributed by atoms with van der Waals surface area (Å²) < 4.78 is 13.1. The van der Waals surface area contributed by atoms with Gasteiger partial charge in [-0.3, -0.25) is 4.79 Å². The summed E-state index contributed by atoms with van der Waals surface area (Å²) in [7, 11) is 0. The minimum absolute atomic E-state index is 0.0358. The van der Waals surface area contributed by atoms with E-state index in [9.17, 15) is 9.18 Å². The first kappa shape index (κ1) is 18.5. The molecule has 0 bridgehead atoms. The maximum absolute atomic E-state index is 13.1. The summed E-state index contributed by atoms with van der Waals surface area (Å²) in [6.45, 7) is 0.716. The van der Waals surface area contributed by atoms with Gasteiger partial charge >= 0.3 is 0 Å². The predicted molar refractivity (Wildman–Crippen MR) is 95.1 cm³/mol. The van der Waals surface area contributed by atoms with E-state index in [-0.39, 0.29) is 17.9 Å². The fourth-order valence-electron chi connectivity index (χ4n) is 2.14. The van der Waals surface area contributed by atoms with E-state index in [1.165, 1.54) is 18.3 Å². The first-order valence-electron chi connectivity index (χ1n) is 7.70. The van der Waals surface area contributed by atoms with Crippen LogP contribution in [0, 0.1) is 17.1 Å². The smallest absolute Gasteiger partial charge is 0.263 e. The number of nitrogens with zero attached hydrogens (tertiary/aromatic N) is 1. The van der Waals surface area contributed by atoms with E-state index < -0.39 is 5.91 Å². The van der Waals surface area contributed by atoms with Crippen LogP contribution in [0.25, 0.3) is 0 Å². The maximum Gasteiger partial charge on any atom is 0.263 e. The second kappa shape index (κ2) is 9.45. The first-order chi connectivity index (χ1) is 12.1. The van der Waals surface area contributed by atoms with Crippen molar-refractivity contribution in [3.63, 3.8) is 0 Å². The molecule has 0 aliphatic carbocycles. The van der Waals surface area contributed by atoms with Gasteiger partial charge in [-0.05, 0) is 35.7 Å². The van der Waals surface area contributed by atoms with Crippen molar-refractivity contribution >= 4 is 17.5 Å². The molecule has 0 spiro atoms. The van der Waals surface area contributed by atoms with Gasteiger partial charge in [0.05, 0.1) is 0 Å². The lowest BCUT2D eigenvalue weighted by molar-refractivity contribution is -0.117. The molecule has 2 rings (SSSR count). The average Bonchev–Trinajstić information content (AvgIpc) is 2.61. The fourth-order valence-corrected chi connectivity index (χ4v) is 2.35. The molecule has 25 heavy (non-hydrogen) atoms. The molecule has 0 saturated heterocycles. The molecular weight excluding hydrogens is 341 g/mol. The fraction of sp³-hybridized carbons (Fsp3) is 0.158. The molecule has 0 aliphatic rings. The van der Waals surface area contributed by atoms with Gasteiger partial charge in [0.25, 0.3) is 5.91 Å². The molecule has 0 unspecified atom stereocenters. The van der Waals surface area contributed by atoms with Gasteiger partial charge in [0.15, 0.2) is 0 Å². The summed E-state index contributed by atoms with van der Waals surface area (Å²) in [5, 5.41) is 15.2. The van der Waals surface area contributed by atoms with Crippen LogP contribution >= 0.6 is 11.6 Å². The van der Waals surface area contributed by atoms with Gasteiger partial charge in [-0.2, -0.15) is 5.26 Å². The molecule has 0 aliphatic heterocycles. The van der Waals surface area contributed by atoms with Gasteiger partial charge in [-0.1, -0.05) is 41.9 Å². The Kier molecular flexibility index (Phi) is 7.00. The average molecular weight is 358 g/mol. The highest BCUT2D eigenvalue weighted by Crippen LogP contribution is 2.14. The molecule has 6 heteroatoms. The largest absolute Gasteiger partial charge is 0.389 e. The van der Waals surface area contributed by atoms with E-state index in [2.05, 4.69) is 10.6 Å². The number of nitriles is 1. The van der Waals surface area contributed by atoms with Crippen LogP contribution in [-0.2, 0) is 17.8 Å². The Morgan fingerprint density at radius 3 is 2.76 bits per heavy atom.